The van der Waals surface area contributed by atoms with Crippen LogP contribution in [0.2, 0.25) is 0 Å². The summed E-state index contributed by atoms with van der Waals surface area (Å²) in [7, 11) is -8.01. The molecule has 0 aromatic heterocycles. The van der Waals surface area contributed by atoms with Gasteiger partial charge in [0.15, 0.2) is 0 Å². The van der Waals surface area contributed by atoms with Gasteiger partial charge in [0.05, 0.1) is 4.90 Å². The Hall–Kier alpha value is -1.03. The highest BCUT2D eigenvalue weighted by molar-refractivity contribution is 7.89. The molecule has 1 fully saturated rings. The van der Waals surface area contributed by atoms with Gasteiger partial charge in [0.25, 0.3) is 0 Å². The van der Waals surface area contributed by atoms with E-state index < -0.39 is 35.7 Å². The van der Waals surface area contributed by atoms with Gasteiger partial charge in [-0.05, 0) is 30.5 Å². The highest BCUT2D eigenvalue weighted by Gasteiger charge is 2.32. The van der Waals surface area contributed by atoms with Gasteiger partial charge >= 0.3 is 0 Å². The molecule has 0 amide bonds. The number of halogens is 1. The zero-order valence-corrected chi connectivity index (χ0v) is 12.4. The summed E-state index contributed by atoms with van der Waals surface area (Å²) in [6.07, 6.45) is 0.718. The lowest BCUT2D eigenvalue weighted by molar-refractivity contribution is 0.457. The number of hydrogen-bond acceptors (Lipinski definition) is 4. The molecule has 1 aliphatic rings. The summed E-state index contributed by atoms with van der Waals surface area (Å²) >= 11 is 0. The van der Waals surface area contributed by atoms with Crippen LogP contribution in [0.5, 0.6) is 0 Å². The molecule has 1 heterocycles. The molecule has 1 aromatic carbocycles. The Morgan fingerprint density at radius 3 is 2.40 bits per heavy atom. The normalized spacial score (nSPS) is 21.2. The lowest BCUT2D eigenvalue weighted by atomic mass is 10.2. The van der Waals surface area contributed by atoms with E-state index in [4.69, 9.17) is 5.14 Å². The van der Waals surface area contributed by atoms with E-state index in [0.717, 1.165) is 18.6 Å². The first kappa shape index (κ1) is 15.4. The topological polar surface area (TPSA) is 97.5 Å². The Balaban J connectivity index is 2.43. The first-order valence-electron chi connectivity index (χ1n) is 5.95. The number of nitrogens with two attached hydrogens (primary N) is 1. The minimum absolute atomic E-state index is 0.219. The fourth-order valence-electron chi connectivity index (χ4n) is 2.12. The molecular weight excluding hydrogens is 307 g/mol. The summed E-state index contributed by atoms with van der Waals surface area (Å²) < 4.78 is 61.8. The maximum absolute atomic E-state index is 13.9. The summed E-state index contributed by atoms with van der Waals surface area (Å²) in [4.78, 5) is -0.984. The van der Waals surface area contributed by atoms with Crippen molar-refractivity contribution in [2.24, 2.45) is 11.1 Å². The van der Waals surface area contributed by atoms with Crippen molar-refractivity contribution in [1.82, 2.24) is 4.31 Å². The van der Waals surface area contributed by atoms with Gasteiger partial charge in [0.1, 0.15) is 10.7 Å². The fourth-order valence-corrected chi connectivity index (χ4v) is 4.27. The van der Waals surface area contributed by atoms with E-state index in [1.54, 1.807) is 0 Å². The second-order valence-corrected chi connectivity index (χ2v) is 8.36. The number of rotatable bonds is 3. The lowest BCUT2D eigenvalue weighted by Crippen LogP contribution is -2.29. The summed E-state index contributed by atoms with van der Waals surface area (Å²) in [6, 6.07) is 2.56. The monoisotopic (exact) mass is 322 g/mol. The third-order valence-electron chi connectivity index (χ3n) is 3.24. The van der Waals surface area contributed by atoms with Crippen molar-refractivity contribution in [3.63, 3.8) is 0 Å². The first-order chi connectivity index (χ1) is 9.12. The van der Waals surface area contributed by atoms with Crippen LogP contribution in [0.1, 0.15) is 13.3 Å². The number of benzene rings is 1. The Kier molecular flexibility index (Phi) is 3.89. The van der Waals surface area contributed by atoms with E-state index >= 15 is 0 Å². The molecule has 0 bridgehead atoms. The number of nitrogens with zero attached hydrogens (tertiary/aromatic N) is 1. The predicted molar refractivity (Wildman–Crippen MR) is 70.3 cm³/mol. The zero-order valence-electron chi connectivity index (χ0n) is 10.8. The van der Waals surface area contributed by atoms with Crippen LogP contribution in [0.3, 0.4) is 0 Å². The number of sulfonamides is 2. The average Bonchev–Trinajstić information content (AvgIpc) is 2.75. The van der Waals surface area contributed by atoms with Gasteiger partial charge in [-0.25, -0.2) is 26.4 Å². The molecule has 0 spiro atoms. The molecule has 20 heavy (non-hydrogen) atoms. The summed E-state index contributed by atoms with van der Waals surface area (Å²) in [5.41, 5.74) is 0. The Morgan fingerprint density at radius 1 is 1.30 bits per heavy atom. The van der Waals surface area contributed by atoms with Gasteiger partial charge in [0.2, 0.25) is 20.0 Å². The molecule has 1 aromatic rings. The van der Waals surface area contributed by atoms with Crippen LogP contribution in [-0.4, -0.2) is 34.2 Å². The van der Waals surface area contributed by atoms with Crippen LogP contribution in [0, 0.1) is 11.7 Å². The summed E-state index contributed by atoms with van der Waals surface area (Å²) in [5, 5.41) is 4.87. The van der Waals surface area contributed by atoms with Gasteiger partial charge in [-0.15, -0.1) is 0 Å². The molecule has 2 rings (SSSR count). The van der Waals surface area contributed by atoms with Gasteiger partial charge < -0.3 is 0 Å². The van der Waals surface area contributed by atoms with Gasteiger partial charge in [-0.3, -0.25) is 0 Å². The third kappa shape index (κ3) is 2.85. The van der Waals surface area contributed by atoms with Crippen LogP contribution in [-0.2, 0) is 20.0 Å². The van der Waals surface area contributed by atoms with Gasteiger partial charge in [-0.1, -0.05) is 6.92 Å². The van der Waals surface area contributed by atoms with Gasteiger partial charge in [0, 0.05) is 13.1 Å². The van der Waals surface area contributed by atoms with E-state index in [1.807, 2.05) is 6.92 Å². The molecule has 0 aliphatic carbocycles. The van der Waals surface area contributed by atoms with E-state index in [0.29, 0.717) is 19.2 Å². The quantitative estimate of drug-likeness (QED) is 0.876. The minimum Gasteiger partial charge on any atom is -0.225 e. The largest absolute Gasteiger partial charge is 0.245 e. The first-order valence-corrected chi connectivity index (χ1v) is 8.93. The van der Waals surface area contributed by atoms with Gasteiger partial charge in [-0.2, -0.15) is 4.31 Å². The molecule has 9 heteroatoms. The Bertz CT molecular complexity index is 731. The molecule has 112 valence electrons. The minimum atomic E-state index is -4.06. The maximum Gasteiger partial charge on any atom is 0.245 e. The van der Waals surface area contributed by atoms with Crippen LogP contribution in [0.15, 0.2) is 28.0 Å². The maximum atomic E-state index is 13.9. The highest BCUT2D eigenvalue weighted by Crippen LogP contribution is 2.26. The second kappa shape index (κ2) is 5.06. The van der Waals surface area contributed by atoms with Crippen LogP contribution < -0.4 is 5.14 Å². The van der Waals surface area contributed by atoms with E-state index in [9.17, 15) is 21.2 Å². The molecule has 1 unspecified atom stereocenters. The molecule has 1 saturated heterocycles. The SMILES string of the molecule is CC1CCN(S(=O)(=O)c2ccc(S(N)(=O)=O)cc2F)C1. The molecular formula is C11H15FN2O4S2. The molecule has 0 saturated carbocycles. The van der Waals surface area contributed by atoms with E-state index in [1.165, 1.54) is 4.31 Å². The smallest absolute Gasteiger partial charge is 0.225 e. The molecule has 2 N–H and O–H groups in total. The predicted octanol–water partition coefficient (Wildman–Crippen LogP) is 0.504. The van der Waals surface area contributed by atoms with Crippen molar-refractivity contribution in [1.29, 1.82) is 0 Å². The fraction of sp³-hybridized carbons (Fsp3) is 0.455. The Morgan fingerprint density at radius 2 is 1.95 bits per heavy atom. The van der Waals surface area contributed by atoms with Crippen molar-refractivity contribution in [2.75, 3.05) is 13.1 Å². The standard InChI is InChI=1S/C11H15FN2O4S2/c1-8-4-5-14(7-8)20(17,18)11-3-2-9(6-10(11)12)19(13,15)16/h2-3,6,8H,4-5,7H2,1H3,(H2,13,15,16). The third-order valence-corrected chi connectivity index (χ3v) is 6.05. The Labute approximate surface area is 117 Å². The van der Waals surface area contributed by atoms with E-state index in [2.05, 4.69) is 0 Å². The second-order valence-electron chi connectivity index (χ2n) is 4.89. The van der Waals surface area contributed by atoms with Crippen LogP contribution in [0.4, 0.5) is 4.39 Å². The summed E-state index contributed by atoms with van der Waals surface area (Å²) in [6.45, 7) is 2.58. The van der Waals surface area contributed by atoms with E-state index in [-0.39, 0.29) is 5.92 Å². The molecule has 0 radical (unpaired) electrons. The van der Waals surface area contributed by atoms with Crippen molar-refractivity contribution < 1.29 is 21.2 Å². The van der Waals surface area contributed by atoms with Crippen molar-refractivity contribution >= 4 is 20.0 Å². The van der Waals surface area contributed by atoms with Crippen molar-refractivity contribution in [3.05, 3.63) is 24.0 Å². The van der Waals surface area contributed by atoms with Crippen molar-refractivity contribution in [2.45, 2.75) is 23.1 Å². The number of hydrogen-bond donors (Lipinski definition) is 1. The lowest BCUT2D eigenvalue weighted by Gasteiger charge is -2.16. The van der Waals surface area contributed by atoms with Crippen LogP contribution in [0.25, 0.3) is 0 Å². The molecule has 1 atom stereocenters. The molecule has 6 nitrogen and oxygen atoms in total. The van der Waals surface area contributed by atoms with Crippen molar-refractivity contribution in [3.8, 4) is 0 Å². The number of primary sulfonamides is 1. The zero-order chi connectivity index (χ0) is 15.1. The average molecular weight is 322 g/mol. The molecule has 1 aliphatic heterocycles. The van der Waals surface area contributed by atoms with Crippen LogP contribution >= 0.6 is 0 Å². The highest BCUT2D eigenvalue weighted by atomic mass is 32.2. The summed E-state index contributed by atoms with van der Waals surface area (Å²) in [5.74, 6) is -0.896.